The van der Waals surface area contributed by atoms with Crippen LogP contribution >= 0.6 is 0 Å². The third kappa shape index (κ3) is 5.34. The lowest BCUT2D eigenvalue weighted by atomic mass is 10.2. The Hall–Kier alpha value is -1.90. The van der Waals surface area contributed by atoms with Crippen LogP contribution in [0.25, 0.3) is 0 Å². The molecule has 1 aromatic heterocycles. The molecule has 1 aliphatic heterocycles. The van der Waals surface area contributed by atoms with Gasteiger partial charge in [0.2, 0.25) is 0 Å². The van der Waals surface area contributed by atoms with E-state index in [-0.39, 0.29) is 0 Å². The molecule has 0 atom stereocenters. The van der Waals surface area contributed by atoms with Gasteiger partial charge in [-0.3, -0.25) is 0 Å². The van der Waals surface area contributed by atoms with Crippen LogP contribution in [0.1, 0.15) is 34.6 Å². The molecule has 2 rings (SSSR count). The number of likely N-dealkylation sites (N-methyl/N-ethyl adjacent to an activating group) is 1. The molecule has 0 amide bonds. The fourth-order valence-corrected chi connectivity index (χ4v) is 2.52. The Kier molecular flexibility index (Phi) is 6.57. The zero-order valence-electron chi connectivity index (χ0n) is 14.3. The molecular formula is C18H25N3O2. The molecule has 23 heavy (non-hydrogen) atoms. The number of aromatic nitrogens is 1. The van der Waals surface area contributed by atoms with Gasteiger partial charge in [-0.05, 0) is 44.5 Å². The molecular weight excluding hydrogens is 290 g/mol. The number of carbonyl (C=O) groups is 1. The fraction of sp³-hybridized carbons (Fsp3) is 0.556. The number of unbranched alkanes of at least 4 members (excludes halogenated alkanes) is 1. The molecule has 1 aromatic rings. The van der Waals surface area contributed by atoms with Crippen molar-refractivity contribution in [3.05, 3.63) is 29.1 Å². The lowest BCUT2D eigenvalue weighted by Gasteiger charge is -2.32. The molecule has 0 saturated carbocycles. The summed E-state index contributed by atoms with van der Waals surface area (Å²) in [5.41, 5.74) is 1.77. The molecule has 0 aliphatic carbocycles. The maximum absolute atomic E-state index is 11.6. The summed E-state index contributed by atoms with van der Waals surface area (Å²) in [6.07, 6.45) is 1.90. The fourth-order valence-electron chi connectivity index (χ4n) is 2.52. The number of ether oxygens (including phenoxy) is 1. The van der Waals surface area contributed by atoms with E-state index in [0.29, 0.717) is 11.4 Å². The van der Waals surface area contributed by atoms with Crippen molar-refractivity contribution in [2.75, 3.05) is 46.9 Å². The van der Waals surface area contributed by atoms with Crippen molar-refractivity contribution in [2.24, 2.45) is 0 Å². The van der Waals surface area contributed by atoms with E-state index >= 15 is 0 Å². The van der Waals surface area contributed by atoms with E-state index in [9.17, 15) is 4.79 Å². The highest BCUT2D eigenvalue weighted by atomic mass is 16.5. The van der Waals surface area contributed by atoms with Gasteiger partial charge in [0.1, 0.15) is 5.69 Å². The Balaban J connectivity index is 1.81. The van der Waals surface area contributed by atoms with Crippen molar-refractivity contribution < 1.29 is 9.53 Å². The summed E-state index contributed by atoms with van der Waals surface area (Å²) in [7, 11) is 3.53. The smallest absolute Gasteiger partial charge is 0.356 e. The first kappa shape index (κ1) is 17.5. The van der Waals surface area contributed by atoms with Crippen LogP contribution in [0.5, 0.6) is 0 Å². The van der Waals surface area contributed by atoms with Crippen LogP contribution in [-0.2, 0) is 4.74 Å². The molecule has 124 valence electrons. The molecule has 1 fully saturated rings. The average Bonchev–Trinajstić information content (AvgIpc) is 2.57. The van der Waals surface area contributed by atoms with Gasteiger partial charge in [0, 0.05) is 32.6 Å². The second-order valence-corrected chi connectivity index (χ2v) is 5.90. The summed E-state index contributed by atoms with van der Waals surface area (Å²) in [5.74, 6) is 5.78. The molecule has 5 heteroatoms. The maximum Gasteiger partial charge on any atom is 0.356 e. The summed E-state index contributed by atoms with van der Waals surface area (Å²) < 4.78 is 4.73. The highest BCUT2D eigenvalue weighted by molar-refractivity contribution is 5.88. The van der Waals surface area contributed by atoms with Gasteiger partial charge in [-0.2, -0.15) is 0 Å². The van der Waals surface area contributed by atoms with E-state index in [0.717, 1.165) is 51.1 Å². The van der Waals surface area contributed by atoms with Gasteiger partial charge in [-0.25, -0.2) is 9.78 Å². The zero-order chi connectivity index (χ0) is 16.7. The van der Waals surface area contributed by atoms with E-state index < -0.39 is 5.97 Å². The number of methoxy groups -OCH3 is 1. The second-order valence-electron chi connectivity index (χ2n) is 5.90. The molecule has 1 saturated heterocycles. The normalized spacial score (nSPS) is 15.8. The van der Waals surface area contributed by atoms with Crippen molar-refractivity contribution in [3.63, 3.8) is 0 Å². The van der Waals surface area contributed by atoms with Crippen LogP contribution in [0.4, 0.5) is 0 Å². The minimum absolute atomic E-state index is 0.344. The molecule has 0 N–H and O–H groups in total. The number of hydrogen-bond acceptors (Lipinski definition) is 5. The maximum atomic E-state index is 11.6. The van der Waals surface area contributed by atoms with Gasteiger partial charge in [0.25, 0.3) is 0 Å². The van der Waals surface area contributed by atoms with Crippen molar-refractivity contribution in [1.29, 1.82) is 0 Å². The average molecular weight is 315 g/mol. The van der Waals surface area contributed by atoms with Crippen molar-refractivity contribution in [3.8, 4) is 11.8 Å². The Morgan fingerprint density at radius 1 is 1.30 bits per heavy atom. The molecule has 0 unspecified atom stereocenters. The van der Waals surface area contributed by atoms with Gasteiger partial charge in [-0.1, -0.05) is 12.0 Å². The second kappa shape index (κ2) is 8.66. The van der Waals surface area contributed by atoms with Crippen LogP contribution in [0, 0.1) is 18.8 Å². The third-order valence-electron chi connectivity index (χ3n) is 4.06. The SMILES string of the molecule is COC(=O)c1nc(C#CCCCN2CCN(C)CC2)ccc1C. The van der Waals surface area contributed by atoms with Crippen molar-refractivity contribution in [1.82, 2.24) is 14.8 Å². The largest absolute Gasteiger partial charge is 0.464 e. The first-order valence-corrected chi connectivity index (χ1v) is 8.06. The number of carbonyl (C=O) groups excluding carboxylic acids is 1. The molecule has 2 heterocycles. The number of hydrogen-bond donors (Lipinski definition) is 0. The summed E-state index contributed by atoms with van der Waals surface area (Å²) in [6.45, 7) is 7.52. The lowest BCUT2D eigenvalue weighted by molar-refractivity contribution is 0.0593. The Labute approximate surface area is 138 Å². The van der Waals surface area contributed by atoms with Gasteiger partial charge in [-0.15, -0.1) is 0 Å². The molecule has 0 radical (unpaired) electrons. The van der Waals surface area contributed by atoms with E-state index in [2.05, 4.69) is 33.7 Å². The molecule has 0 bridgehead atoms. The lowest BCUT2D eigenvalue weighted by Crippen LogP contribution is -2.44. The minimum atomic E-state index is -0.416. The van der Waals surface area contributed by atoms with Gasteiger partial charge in [0.05, 0.1) is 7.11 Å². The van der Waals surface area contributed by atoms with Crippen LogP contribution < -0.4 is 0 Å². The van der Waals surface area contributed by atoms with Gasteiger partial charge < -0.3 is 14.5 Å². The highest BCUT2D eigenvalue weighted by Gasteiger charge is 2.12. The number of aryl methyl sites for hydroxylation is 1. The molecule has 1 aliphatic rings. The number of rotatable bonds is 4. The predicted octanol–water partition coefficient (Wildman–Crippen LogP) is 1.56. The predicted molar refractivity (Wildman–Crippen MR) is 90.4 cm³/mol. The Bertz CT molecular complexity index is 596. The molecule has 5 nitrogen and oxygen atoms in total. The van der Waals surface area contributed by atoms with Crippen LogP contribution in [0.2, 0.25) is 0 Å². The quantitative estimate of drug-likeness (QED) is 0.479. The van der Waals surface area contributed by atoms with Crippen molar-refractivity contribution >= 4 is 5.97 Å². The van der Waals surface area contributed by atoms with E-state index in [1.165, 1.54) is 7.11 Å². The first-order valence-electron chi connectivity index (χ1n) is 8.06. The topological polar surface area (TPSA) is 45.7 Å². The molecule has 0 spiro atoms. The minimum Gasteiger partial charge on any atom is -0.464 e. The summed E-state index contributed by atoms with van der Waals surface area (Å²) in [5, 5.41) is 0. The van der Waals surface area contributed by atoms with Gasteiger partial charge >= 0.3 is 5.97 Å². The summed E-state index contributed by atoms with van der Waals surface area (Å²) >= 11 is 0. The van der Waals surface area contributed by atoms with Crippen LogP contribution in [-0.4, -0.2) is 67.6 Å². The van der Waals surface area contributed by atoms with E-state index in [1.807, 2.05) is 19.1 Å². The monoisotopic (exact) mass is 315 g/mol. The van der Waals surface area contributed by atoms with Gasteiger partial charge in [0.15, 0.2) is 5.69 Å². The number of piperazine rings is 1. The zero-order valence-corrected chi connectivity index (χ0v) is 14.3. The Morgan fingerprint density at radius 3 is 2.74 bits per heavy atom. The number of nitrogens with zero attached hydrogens (tertiary/aromatic N) is 3. The van der Waals surface area contributed by atoms with Crippen LogP contribution in [0.15, 0.2) is 12.1 Å². The highest BCUT2D eigenvalue weighted by Crippen LogP contribution is 2.07. The first-order chi connectivity index (χ1) is 11.1. The third-order valence-corrected chi connectivity index (χ3v) is 4.06. The van der Waals surface area contributed by atoms with E-state index in [1.54, 1.807) is 0 Å². The Morgan fingerprint density at radius 2 is 2.04 bits per heavy atom. The van der Waals surface area contributed by atoms with E-state index in [4.69, 9.17) is 4.74 Å². The van der Waals surface area contributed by atoms with Crippen LogP contribution in [0.3, 0.4) is 0 Å². The number of pyridine rings is 1. The standard InChI is InChI=1S/C18H25N3O2/c1-15-8-9-16(19-17(15)18(22)23-3)7-5-4-6-10-21-13-11-20(2)12-14-21/h8-9H,4,6,10-14H2,1-3H3. The summed E-state index contributed by atoms with van der Waals surface area (Å²) in [6, 6.07) is 3.70. The molecule has 0 aromatic carbocycles. The number of esters is 1. The van der Waals surface area contributed by atoms with Crippen molar-refractivity contribution in [2.45, 2.75) is 19.8 Å². The summed E-state index contributed by atoms with van der Waals surface area (Å²) in [4.78, 5) is 20.7.